The molecule has 5 heteroatoms. The minimum Gasteiger partial charge on any atom is -0.465 e. The molecule has 124 valence electrons. The van der Waals surface area contributed by atoms with Crippen molar-refractivity contribution in [3.63, 3.8) is 0 Å². The predicted octanol–water partition coefficient (Wildman–Crippen LogP) is 3.12. The van der Waals surface area contributed by atoms with Gasteiger partial charge in [0.05, 0.1) is 12.7 Å². The third-order valence-corrected chi connectivity index (χ3v) is 5.17. The molecule has 2 fully saturated rings. The second-order valence-corrected chi connectivity index (χ2v) is 6.83. The molecule has 1 amide bonds. The Morgan fingerprint density at radius 3 is 2.48 bits per heavy atom. The van der Waals surface area contributed by atoms with Crippen LogP contribution in [0.5, 0.6) is 0 Å². The highest BCUT2D eigenvalue weighted by molar-refractivity contribution is 5.90. The Hall–Kier alpha value is -1.91. The van der Waals surface area contributed by atoms with E-state index in [0.717, 1.165) is 25.7 Å². The van der Waals surface area contributed by atoms with Gasteiger partial charge in [-0.2, -0.15) is 0 Å². The zero-order valence-electron chi connectivity index (χ0n) is 13.6. The van der Waals surface area contributed by atoms with Crippen LogP contribution in [0.3, 0.4) is 0 Å². The molecular formula is C18H22FNO3. The highest BCUT2D eigenvalue weighted by Gasteiger charge is 2.47. The topological polar surface area (TPSA) is 46.6 Å². The van der Waals surface area contributed by atoms with Crippen LogP contribution in [0.25, 0.3) is 0 Å². The molecule has 1 aliphatic heterocycles. The summed E-state index contributed by atoms with van der Waals surface area (Å²) in [6.45, 7) is 3.32. The minimum absolute atomic E-state index is 0.0194. The number of ether oxygens (including phenoxy) is 1. The summed E-state index contributed by atoms with van der Waals surface area (Å²) < 4.78 is 19.2. The molecule has 0 aromatic heterocycles. The average molecular weight is 319 g/mol. The Morgan fingerprint density at radius 2 is 1.91 bits per heavy atom. The summed E-state index contributed by atoms with van der Waals surface area (Å²) in [6, 6.07) is 4.86. The smallest absolute Gasteiger partial charge is 0.340 e. The molecule has 1 aromatic carbocycles. The molecule has 1 saturated carbocycles. The van der Waals surface area contributed by atoms with E-state index in [0.29, 0.717) is 18.7 Å². The van der Waals surface area contributed by atoms with Gasteiger partial charge in [0.25, 0.3) is 0 Å². The molecule has 1 aromatic rings. The highest BCUT2D eigenvalue weighted by atomic mass is 19.1. The molecule has 0 spiro atoms. The normalized spacial score (nSPS) is 20.2. The molecule has 0 unspecified atom stereocenters. The fraction of sp³-hybridized carbons (Fsp3) is 0.556. The maximum atomic E-state index is 14.6. The van der Waals surface area contributed by atoms with E-state index in [-0.39, 0.29) is 22.8 Å². The van der Waals surface area contributed by atoms with Crippen molar-refractivity contribution in [3.05, 3.63) is 35.1 Å². The van der Waals surface area contributed by atoms with Gasteiger partial charge >= 0.3 is 5.97 Å². The van der Waals surface area contributed by atoms with Crippen LogP contribution in [0.4, 0.5) is 4.39 Å². The summed E-state index contributed by atoms with van der Waals surface area (Å²) in [5.74, 6) is -0.868. The van der Waals surface area contributed by atoms with Crippen molar-refractivity contribution in [1.29, 1.82) is 0 Å². The lowest BCUT2D eigenvalue weighted by Gasteiger charge is -2.34. The number of likely N-dealkylation sites (tertiary alicyclic amines) is 1. The molecule has 0 radical (unpaired) electrons. The van der Waals surface area contributed by atoms with E-state index in [1.807, 2.05) is 11.8 Å². The summed E-state index contributed by atoms with van der Waals surface area (Å²) in [4.78, 5) is 25.9. The quantitative estimate of drug-likeness (QED) is 0.804. The fourth-order valence-electron chi connectivity index (χ4n) is 3.31. The van der Waals surface area contributed by atoms with Crippen molar-refractivity contribution < 1.29 is 18.7 Å². The van der Waals surface area contributed by atoms with E-state index in [9.17, 15) is 14.0 Å². The van der Waals surface area contributed by atoms with Gasteiger partial charge in [0.1, 0.15) is 5.82 Å². The number of hydrogen-bond acceptors (Lipinski definition) is 3. The first kappa shape index (κ1) is 16.0. The number of carbonyl (C=O) groups is 2. The zero-order chi connectivity index (χ0) is 16.6. The van der Waals surface area contributed by atoms with Gasteiger partial charge in [-0.1, -0.05) is 19.1 Å². The van der Waals surface area contributed by atoms with Crippen LogP contribution in [0.2, 0.25) is 0 Å². The zero-order valence-corrected chi connectivity index (χ0v) is 13.6. The summed E-state index contributed by atoms with van der Waals surface area (Å²) in [6.07, 6.45) is 3.40. The summed E-state index contributed by atoms with van der Waals surface area (Å²) in [5, 5.41) is 0. The standard InChI is InChI=1S/C18H22FNO3/c1-18(8-9-18)17(22)20-10-6-12(7-11-20)13-4-3-5-14(15(13)19)16(21)23-2/h3-5,12H,6-11H2,1-2H3. The second-order valence-electron chi connectivity index (χ2n) is 6.83. The van der Waals surface area contributed by atoms with Gasteiger partial charge < -0.3 is 9.64 Å². The Morgan fingerprint density at radius 1 is 1.26 bits per heavy atom. The SMILES string of the molecule is COC(=O)c1cccc(C2CCN(C(=O)C3(C)CC3)CC2)c1F. The van der Waals surface area contributed by atoms with Gasteiger partial charge in [-0.25, -0.2) is 9.18 Å². The van der Waals surface area contributed by atoms with E-state index < -0.39 is 11.8 Å². The Balaban J connectivity index is 1.70. The Bertz CT molecular complexity index is 631. The van der Waals surface area contributed by atoms with Crippen LogP contribution in [0.1, 0.15) is 54.4 Å². The maximum Gasteiger partial charge on any atom is 0.340 e. The van der Waals surface area contributed by atoms with Crippen LogP contribution in [0.15, 0.2) is 18.2 Å². The fourth-order valence-corrected chi connectivity index (χ4v) is 3.31. The van der Waals surface area contributed by atoms with Crippen molar-refractivity contribution in [2.45, 2.75) is 38.5 Å². The molecule has 4 nitrogen and oxygen atoms in total. The van der Waals surface area contributed by atoms with Crippen LogP contribution in [-0.2, 0) is 9.53 Å². The van der Waals surface area contributed by atoms with Crippen molar-refractivity contribution in [3.8, 4) is 0 Å². The number of carbonyl (C=O) groups excluding carboxylic acids is 2. The van der Waals surface area contributed by atoms with Gasteiger partial charge in [0, 0.05) is 18.5 Å². The van der Waals surface area contributed by atoms with Gasteiger partial charge in [-0.05, 0) is 43.2 Å². The second kappa shape index (κ2) is 5.95. The molecule has 3 rings (SSSR count). The van der Waals surface area contributed by atoms with Gasteiger partial charge in [-0.3, -0.25) is 4.79 Å². The van der Waals surface area contributed by atoms with Crippen LogP contribution in [0, 0.1) is 11.2 Å². The molecule has 1 saturated heterocycles. The average Bonchev–Trinajstić information content (AvgIpc) is 3.33. The molecule has 2 aliphatic rings. The number of rotatable bonds is 3. The van der Waals surface area contributed by atoms with E-state index in [1.165, 1.54) is 13.2 Å². The molecular weight excluding hydrogens is 297 g/mol. The number of amides is 1. The van der Waals surface area contributed by atoms with Crippen LogP contribution < -0.4 is 0 Å². The van der Waals surface area contributed by atoms with Gasteiger partial charge in [-0.15, -0.1) is 0 Å². The summed E-state index contributed by atoms with van der Waals surface area (Å²) in [5.41, 5.74) is 0.384. The van der Waals surface area contributed by atoms with Crippen molar-refractivity contribution in [2.24, 2.45) is 5.41 Å². The van der Waals surface area contributed by atoms with Crippen LogP contribution in [-0.4, -0.2) is 37.0 Å². The van der Waals surface area contributed by atoms with Crippen molar-refractivity contribution in [1.82, 2.24) is 4.90 Å². The molecule has 23 heavy (non-hydrogen) atoms. The molecule has 1 heterocycles. The number of nitrogens with zero attached hydrogens (tertiary/aromatic N) is 1. The summed E-state index contributed by atoms with van der Waals surface area (Å²) in [7, 11) is 1.25. The lowest BCUT2D eigenvalue weighted by molar-refractivity contribution is -0.137. The van der Waals surface area contributed by atoms with E-state index in [4.69, 9.17) is 0 Å². The lowest BCUT2D eigenvalue weighted by Crippen LogP contribution is -2.41. The summed E-state index contributed by atoms with van der Waals surface area (Å²) >= 11 is 0. The number of halogens is 1. The third kappa shape index (κ3) is 2.96. The molecule has 0 bridgehead atoms. The van der Waals surface area contributed by atoms with Crippen LogP contribution >= 0.6 is 0 Å². The van der Waals surface area contributed by atoms with Gasteiger partial charge in [0.15, 0.2) is 0 Å². The first-order chi connectivity index (χ1) is 11.0. The number of benzene rings is 1. The van der Waals surface area contributed by atoms with E-state index in [1.54, 1.807) is 12.1 Å². The largest absolute Gasteiger partial charge is 0.465 e. The number of methoxy groups -OCH3 is 1. The molecule has 0 atom stereocenters. The highest BCUT2D eigenvalue weighted by Crippen LogP contribution is 2.47. The number of piperidine rings is 1. The first-order valence-electron chi connectivity index (χ1n) is 8.12. The number of hydrogen-bond donors (Lipinski definition) is 0. The predicted molar refractivity (Wildman–Crippen MR) is 83.6 cm³/mol. The maximum absolute atomic E-state index is 14.6. The number of esters is 1. The third-order valence-electron chi connectivity index (χ3n) is 5.17. The van der Waals surface area contributed by atoms with Crippen molar-refractivity contribution >= 4 is 11.9 Å². The molecule has 1 aliphatic carbocycles. The first-order valence-corrected chi connectivity index (χ1v) is 8.12. The van der Waals surface area contributed by atoms with E-state index >= 15 is 0 Å². The monoisotopic (exact) mass is 319 g/mol. The van der Waals surface area contributed by atoms with E-state index in [2.05, 4.69) is 4.74 Å². The minimum atomic E-state index is -0.654. The molecule has 0 N–H and O–H groups in total. The van der Waals surface area contributed by atoms with Gasteiger partial charge in [0.2, 0.25) is 5.91 Å². The Labute approximate surface area is 135 Å². The lowest BCUT2D eigenvalue weighted by atomic mass is 9.87. The Kier molecular flexibility index (Phi) is 4.13. The van der Waals surface area contributed by atoms with Crippen molar-refractivity contribution in [2.75, 3.05) is 20.2 Å².